The fourth-order valence-corrected chi connectivity index (χ4v) is 3.31. The average Bonchev–Trinajstić information content (AvgIpc) is 2.88. The summed E-state index contributed by atoms with van der Waals surface area (Å²) in [6, 6.07) is 16.3. The van der Waals surface area contributed by atoms with E-state index < -0.39 is 0 Å². The molecule has 0 bridgehead atoms. The number of thioether (sulfide) groups is 1. The highest BCUT2D eigenvalue weighted by molar-refractivity contribution is 9.10. The summed E-state index contributed by atoms with van der Waals surface area (Å²) in [6.45, 7) is 2.08. The highest BCUT2D eigenvalue weighted by atomic mass is 79.9. The zero-order chi connectivity index (χ0) is 15.5. The first-order chi connectivity index (χ1) is 10.6. The van der Waals surface area contributed by atoms with Gasteiger partial charge in [0.15, 0.2) is 5.82 Å². The molecule has 6 heteroatoms. The van der Waals surface area contributed by atoms with Crippen molar-refractivity contribution in [3.8, 4) is 11.4 Å². The standard InChI is InChI=1S/C16H15BrN4S/c1-11-6-8-12(9-7-11)10-22-16-20-19-15(21(16)18)13-4-2-3-5-14(13)17/h2-9H,10,18H2,1H3. The summed E-state index contributed by atoms with van der Waals surface area (Å²) in [5.74, 6) is 7.61. The number of aromatic nitrogens is 3. The third-order valence-electron chi connectivity index (χ3n) is 3.27. The van der Waals surface area contributed by atoms with Crippen molar-refractivity contribution in [3.63, 3.8) is 0 Å². The van der Waals surface area contributed by atoms with Gasteiger partial charge in [-0.2, -0.15) is 0 Å². The minimum Gasteiger partial charge on any atom is -0.335 e. The fourth-order valence-electron chi connectivity index (χ4n) is 2.03. The number of nitrogens with zero attached hydrogens (tertiary/aromatic N) is 3. The molecule has 4 nitrogen and oxygen atoms in total. The molecule has 1 aromatic heterocycles. The number of rotatable bonds is 4. The lowest BCUT2D eigenvalue weighted by Crippen LogP contribution is -2.11. The van der Waals surface area contributed by atoms with Crippen LogP contribution in [0.15, 0.2) is 58.2 Å². The number of halogens is 1. The molecule has 3 rings (SSSR count). The number of hydrogen-bond acceptors (Lipinski definition) is 4. The molecule has 22 heavy (non-hydrogen) atoms. The molecule has 0 saturated heterocycles. The van der Waals surface area contributed by atoms with Gasteiger partial charge in [-0.05, 0) is 24.6 Å². The van der Waals surface area contributed by atoms with Crippen LogP contribution in [0.3, 0.4) is 0 Å². The van der Waals surface area contributed by atoms with Crippen LogP contribution in [0.25, 0.3) is 11.4 Å². The molecule has 0 aliphatic heterocycles. The van der Waals surface area contributed by atoms with Crippen molar-refractivity contribution >= 4 is 27.7 Å². The van der Waals surface area contributed by atoms with Gasteiger partial charge < -0.3 is 5.84 Å². The molecule has 112 valence electrons. The molecular weight excluding hydrogens is 360 g/mol. The van der Waals surface area contributed by atoms with Crippen molar-refractivity contribution in [1.82, 2.24) is 14.9 Å². The fraction of sp³-hybridized carbons (Fsp3) is 0.125. The monoisotopic (exact) mass is 374 g/mol. The van der Waals surface area contributed by atoms with Gasteiger partial charge in [0.2, 0.25) is 5.16 Å². The Labute approximate surface area is 141 Å². The average molecular weight is 375 g/mol. The van der Waals surface area contributed by atoms with E-state index in [1.165, 1.54) is 11.1 Å². The van der Waals surface area contributed by atoms with Crippen molar-refractivity contribution in [2.45, 2.75) is 17.8 Å². The molecule has 2 N–H and O–H groups in total. The summed E-state index contributed by atoms with van der Waals surface area (Å²) in [4.78, 5) is 0. The zero-order valence-corrected chi connectivity index (χ0v) is 14.4. The third-order valence-corrected chi connectivity index (χ3v) is 4.97. The Bertz CT molecular complexity index is 783. The molecule has 0 amide bonds. The largest absolute Gasteiger partial charge is 0.335 e. The second kappa shape index (κ2) is 6.54. The van der Waals surface area contributed by atoms with Gasteiger partial charge >= 0.3 is 0 Å². The van der Waals surface area contributed by atoms with Crippen LogP contribution in [0.1, 0.15) is 11.1 Å². The Morgan fingerprint density at radius 3 is 2.55 bits per heavy atom. The number of hydrogen-bond donors (Lipinski definition) is 1. The molecule has 0 unspecified atom stereocenters. The van der Waals surface area contributed by atoms with E-state index in [1.54, 1.807) is 16.4 Å². The minimum absolute atomic E-state index is 0.652. The minimum atomic E-state index is 0.652. The van der Waals surface area contributed by atoms with Gasteiger partial charge in [-0.15, -0.1) is 10.2 Å². The molecule has 0 aliphatic rings. The maximum Gasteiger partial charge on any atom is 0.210 e. The first-order valence-corrected chi connectivity index (χ1v) is 8.57. The van der Waals surface area contributed by atoms with Gasteiger partial charge in [0, 0.05) is 15.8 Å². The van der Waals surface area contributed by atoms with Crippen LogP contribution in [0.4, 0.5) is 0 Å². The predicted octanol–water partition coefficient (Wildman–Crippen LogP) is 4.02. The van der Waals surface area contributed by atoms with Gasteiger partial charge in [-0.3, -0.25) is 0 Å². The first-order valence-electron chi connectivity index (χ1n) is 6.79. The first kappa shape index (κ1) is 15.1. The molecule has 0 fully saturated rings. The van der Waals surface area contributed by atoms with Gasteiger partial charge in [0.25, 0.3) is 0 Å². The maximum atomic E-state index is 6.14. The lowest BCUT2D eigenvalue weighted by Gasteiger charge is -2.05. The van der Waals surface area contributed by atoms with E-state index >= 15 is 0 Å². The molecule has 3 aromatic rings. The molecule has 0 atom stereocenters. The van der Waals surface area contributed by atoms with Crippen LogP contribution in [-0.4, -0.2) is 14.9 Å². The van der Waals surface area contributed by atoms with E-state index in [0.717, 1.165) is 15.8 Å². The Morgan fingerprint density at radius 2 is 1.82 bits per heavy atom. The number of nitrogens with two attached hydrogens (primary N) is 1. The summed E-state index contributed by atoms with van der Waals surface area (Å²) >= 11 is 5.09. The number of benzene rings is 2. The SMILES string of the molecule is Cc1ccc(CSc2nnc(-c3ccccc3Br)n2N)cc1. The second-order valence-electron chi connectivity index (χ2n) is 4.93. The third kappa shape index (κ3) is 3.18. The molecule has 0 aliphatic carbocycles. The van der Waals surface area contributed by atoms with Crippen LogP contribution in [0.2, 0.25) is 0 Å². The van der Waals surface area contributed by atoms with E-state index in [4.69, 9.17) is 5.84 Å². The Hall–Kier alpha value is -1.79. The highest BCUT2D eigenvalue weighted by Gasteiger charge is 2.14. The van der Waals surface area contributed by atoms with Crippen LogP contribution in [0.5, 0.6) is 0 Å². The van der Waals surface area contributed by atoms with E-state index in [1.807, 2.05) is 24.3 Å². The topological polar surface area (TPSA) is 56.7 Å². The zero-order valence-electron chi connectivity index (χ0n) is 12.0. The predicted molar refractivity (Wildman–Crippen MR) is 94.0 cm³/mol. The lowest BCUT2D eigenvalue weighted by atomic mass is 10.2. The molecule has 0 saturated carbocycles. The molecule has 2 aromatic carbocycles. The van der Waals surface area contributed by atoms with Crippen molar-refractivity contribution in [3.05, 3.63) is 64.1 Å². The molecule has 0 radical (unpaired) electrons. The second-order valence-corrected chi connectivity index (χ2v) is 6.73. The smallest absolute Gasteiger partial charge is 0.210 e. The lowest BCUT2D eigenvalue weighted by molar-refractivity contribution is 0.849. The Kier molecular flexibility index (Phi) is 4.49. The van der Waals surface area contributed by atoms with Crippen LogP contribution < -0.4 is 5.84 Å². The molecule has 0 spiro atoms. The number of nitrogen functional groups attached to an aromatic ring is 1. The van der Waals surface area contributed by atoms with E-state index in [-0.39, 0.29) is 0 Å². The van der Waals surface area contributed by atoms with Crippen molar-refractivity contribution < 1.29 is 0 Å². The molecule has 1 heterocycles. The summed E-state index contributed by atoms with van der Waals surface area (Å²) in [5.41, 5.74) is 3.42. The van der Waals surface area contributed by atoms with Crippen molar-refractivity contribution in [1.29, 1.82) is 0 Å². The summed E-state index contributed by atoms with van der Waals surface area (Å²) in [5, 5.41) is 9.11. The van der Waals surface area contributed by atoms with Crippen LogP contribution in [0, 0.1) is 6.92 Å². The van der Waals surface area contributed by atoms with Crippen molar-refractivity contribution in [2.24, 2.45) is 0 Å². The number of aryl methyl sites for hydroxylation is 1. The van der Waals surface area contributed by atoms with E-state index in [2.05, 4.69) is 57.3 Å². The summed E-state index contributed by atoms with van der Waals surface area (Å²) in [7, 11) is 0. The molecular formula is C16H15BrN4S. The normalized spacial score (nSPS) is 10.8. The van der Waals surface area contributed by atoms with Crippen LogP contribution >= 0.6 is 27.7 Å². The van der Waals surface area contributed by atoms with Gasteiger partial charge in [0.05, 0.1) is 0 Å². The maximum absolute atomic E-state index is 6.14. The summed E-state index contributed by atoms with van der Waals surface area (Å²) < 4.78 is 2.49. The van der Waals surface area contributed by atoms with E-state index in [0.29, 0.717) is 11.0 Å². The van der Waals surface area contributed by atoms with E-state index in [9.17, 15) is 0 Å². The summed E-state index contributed by atoms with van der Waals surface area (Å²) in [6.07, 6.45) is 0. The van der Waals surface area contributed by atoms with Gasteiger partial charge in [0.1, 0.15) is 0 Å². The van der Waals surface area contributed by atoms with Crippen LogP contribution in [-0.2, 0) is 5.75 Å². The Balaban J connectivity index is 1.79. The highest BCUT2D eigenvalue weighted by Crippen LogP contribution is 2.28. The quantitative estimate of drug-likeness (QED) is 0.553. The van der Waals surface area contributed by atoms with Crippen molar-refractivity contribution in [2.75, 3.05) is 5.84 Å². The van der Waals surface area contributed by atoms with Gasteiger partial charge in [-0.25, -0.2) is 4.68 Å². The Morgan fingerprint density at radius 1 is 1.09 bits per heavy atom. The van der Waals surface area contributed by atoms with Gasteiger partial charge in [-0.1, -0.05) is 69.7 Å².